The van der Waals surface area contributed by atoms with Crippen molar-refractivity contribution in [2.24, 2.45) is 5.41 Å². The summed E-state index contributed by atoms with van der Waals surface area (Å²) in [5.74, 6) is -0.791. The Kier molecular flexibility index (Phi) is 4.93. The van der Waals surface area contributed by atoms with E-state index in [0.717, 1.165) is 24.9 Å². The number of hydrogen-bond donors (Lipinski definition) is 1. The lowest BCUT2D eigenvalue weighted by Gasteiger charge is -2.52. The summed E-state index contributed by atoms with van der Waals surface area (Å²) in [7, 11) is 0. The number of anilines is 2. The van der Waals surface area contributed by atoms with Crippen molar-refractivity contribution in [1.29, 1.82) is 0 Å². The normalized spacial score (nSPS) is 25.1. The summed E-state index contributed by atoms with van der Waals surface area (Å²) in [4.78, 5) is 42.2. The first kappa shape index (κ1) is 20.6. The fourth-order valence-electron chi connectivity index (χ4n) is 5.35. The van der Waals surface area contributed by atoms with Crippen LogP contribution in [0.2, 0.25) is 0 Å². The Labute approximate surface area is 190 Å². The molecule has 2 aromatic carbocycles. The summed E-state index contributed by atoms with van der Waals surface area (Å²) in [5, 5.41) is 14.3. The van der Waals surface area contributed by atoms with E-state index in [1.165, 1.54) is 17.0 Å². The van der Waals surface area contributed by atoms with E-state index in [4.69, 9.17) is 12.2 Å². The van der Waals surface area contributed by atoms with Gasteiger partial charge in [0, 0.05) is 30.8 Å². The Hall–Kier alpha value is -3.33. The number of rotatable bonds is 2. The number of nitro groups is 1. The van der Waals surface area contributed by atoms with Crippen LogP contribution >= 0.6 is 12.2 Å². The largest absolute Gasteiger partial charge is 0.367 e. The van der Waals surface area contributed by atoms with Crippen LogP contribution in [0.3, 0.4) is 0 Å². The van der Waals surface area contributed by atoms with Crippen LogP contribution < -0.4 is 15.1 Å². The number of nitro benzene ring substituents is 1. The molecule has 0 bridgehead atoms. The van der Waals surface area contributed by atoms with Gasteiger partial charge in [0.05, 0.1) is 16.7 Å². The van der Waals surface area contributed by atoms with Gasteiger partial charge in [-0.25, -0.2) is 0 Å². The van der Waals surface area contributed by atoms with Gasteiger partial charge in [-0.3, -0.25) is 24.6 Å². The van der Waals surface area contributed by atoms with Crippen molar-refractivity contribution in [3.05, 3.63) is 64.2 Å². The van der Waals surface area contributed by atoms with Crippen LogP contribution in [0.15, 0.2) is 48.5 Å². The van der Waals surface area contributed by atoms with E-state index in [-0.39, 0.29) is 29.2 Å². The highest BCUT2D eigenvalue weighted by molar-refractivity contribution is 7.80. The van der Waals surface area contributed by atoms with Gasteiger partial charge in [0.2, 0.25) is 5.91 Å². The number of carbonyl (C=O) groups excluding carboxylic acids is 2. The van der Waals surface area contributed by atoms with Crippen LogP contribution in [0.5, 0.6) is 0 Å². The van der Waals surface area contributed by atoms with Crippen molar-refractivity contribution in [3.8, 4) is 0 Å². The number of benzene rings is 2. The minimum absolute atomic E-state index is 0.0497. The summed E-state index contributed by atoms with van der Waals surface area (Å²) < 4.78 is 0. The SMILES string of the molecule is O=C1NC(=S)N(c2ccccc2)C(=O)[C@@]12Cc1cc([N+](=O)[O-])ccc1N1CCCCC[C@@H]12. The Balaban J connectivity index is 1.69. The maximum atomic E-state index is 14.1. The highest BCUT2D eigenvalue weighted by Gasteiger charge is 2.61. The van der Waals surface area contributed by atoms with E-state index in [1.54, 1.807) is 18.2 Å². The van der Waals surface area contributed by atoms with Crippen molar-refractivity contribution in [2.45, 2.75) is 38.1 Å². The number of amides is 2. The molecule has 2 fully saturated rings. The van der Waals surface area contributed by atoms with E-state index in [2.05, 4.69) is 10.2 Å². The summed E-state index contributed by atoms with van der Waals surface area (Å²) >= 11 is 5.39. The van der Waals surface area contributed by atoms with E-state index in [0.29, 0.717) is 24.2 Å². The molecule has 9 heteroatoms. The topological polar surface area (TPSA) is 95.8 Å². The van der Waals surface area contributed by atoms with Crippen molar-refractivity contribution < 1.29 is 14.5 Å². The van der Waals surface area contributed by atoms with Gasteiger partial charge in [-0.15, -0.1) is 0 Å². The number of fused-ring (bicyclic) bond motifs is 4. The van der Waals surface area contributed by atoms with Crippen molar-refractivity contribution in [1.82, 2.24) is 5.32 Å². The first-order valence-electron chi connectivity index (χ1n) is 10.7. The molecule has 5 rings (SSSR count). The summed E-state index contributed by atoms with van der Waals surface area (Å²) in [6, 6.07) is 13.4. The highest BCUT2D eigenvalue weighted by atomic mass is 32.1. The van der Waals surface area contributed by atoms with E-state index >= 15 is 0 Å². The second-order valence-electron chi connectivity index (χ2n) is 8.51. The Bertz CT molecular complexity index is 1140. The molecule has 2 amide bonds. The lowest BCUT2D eigenvalue weighted by Crippen LogP contribution is -2.72. The molecule has 2 aromatic rings. The molecule has 0 aliphatic carbocycles. The number of carbonyl (C=O) groups is 2. The van der Waals surface area contributed by atoms with Crippen LogP contribution in [-0.2, 0) is 16.0 Å². The van der Waals surface area contributed by atoms with Gasteiger partial charge in [0.15, 0.2) is 10.5 Å². The van der Waals surface area contributed by atoms with Gasteiger partial charge in [0.25, 0.3) is 11.6 Å². The van der Waals surface area contributed by atoms with Crippen LogP contribution in [0.25, 0.3) is 0 Å². The van der Waals surface area contributed by atoms with Gasteiger partial charge >= 0.3 is 0 Å². The average molecular weight is 451 g/mol. The third-order valence-corrected chi connectivity index (χ3v) is 7.09. The van der Waals surface area contributed by atoms with E-state index < -0.39 is 16.2 Å². The van der Waals surface area contributed by atoms with Gasteiger partial charge in [-0.2, -0.15) is 0 Å². The van der Waals surface area contributed by atoms with Gasteiger partial charge in [-0.1, -0.05) is 31.0 Å². The first-order chi connectivity index (χ1) is 15.4. The fourth-order valence-corrected chi connectivity index (χ4v) is 5.63. The summed E-state index contributed by atoms with van der Waals surface area (Å²) in [6.07, 6.45) is 3.62. The molecule has 2 saturated heterocycles. The zero-order valence-corrected chi connectivity index (χ0v) is 18.1. The highest BCUT2D eigenvalue weighted by Crippen LogP contribution is 2.48. The van der Waals surface area contributed by atoms with Crippen LogP contribution in [0.4, 0.5) is 17.1 Å². The lowest BCUT2D eigenvalue weighted by atomic mass is 9.67. The van der Waals surface area contributed by atoms with Crippen molar-refractivity contribution >= 4 is 46.2 Å². The minimum Gasteiger partial charge on any atom is -0.367 e. The molecular weight excluding hydrogens is 428 g/mol. The number of nitrogens with one attached hydrogen (secondary N) is 1. The van der Waals surface area contributed by atoms with Crippen LogP contribution in [0, 0.1) is 15.5 Å². The number of para-hydroxylation sites is 1. The summed E-state index contributed by atoms with van der Waals surface area (Å²) in [5.41, 5.74) is 0.637. The van der Waals surface area contributed by atoms with Gasteiger partial charge < -0.3 is 10.2 Å². The Morgan fingerprint density at radius 2 is 1.88 bits per heavy atom. The second-order valence-corrected chi connectivity index (χ2v) is 8.90. The third-order valence-electron chi connectivity index (χ3n) is 6.80. The van der Waals surface area contributed by atoms with Gasteiger partial charge in [-0.05, 0) is 48.8 Å². The molecule has 32 heavy (non-hydrogen) atoms. The monoisotopic (exact) mass is 450 g/mol. The lowest BCUT2D eigenvalue weighted by molar-refractivity contribution is -0.384. The second kappa shape index (κ2) is 7.67. The Morgan fingerprint density at radius 3 is 2.62 bits per heavy atom. The number of hydrogen-bond acceptors (Lipinski definition) is 6. The zero-order valence-electron chi connectivity index (χ0n) is 17.3. The molecule has 2 atom stereocenters. The molecular formula is C23H22N4O4S. The molecule has 1 N–H and O–H groups in total. The molecule has 0 aromatic heterocycles. The number of nitrogens with zero attached hydrogens (tertiary/aromatic N) is 3. The standard InChI is InChI=1S/C23H22N4O4S/c28-20-23(21(29)26(22(32)24-20)16-7-3-1-4-8-16)14-15-13-17(27(30)31)10-11-18(15)25-12-6-2-5-9-19(23)25/h1,3-4,7-8,10-11,13,19H,2,5-6,9,12,14H2,(H,24,28,32)/t19-,23-/m1/s1. The predicted molar refractivity (Wildman–Crippen MR) is 124 cm³/mol. The molecule has 0 saturated carbocycles. The molecule has 3 heterocycles. The smallest absolute Gasteiger partial charge is 0.269 e. The quantitative estimate of drug-likeness (QED) is 0.326. The van der Waals surface area contributed by atoms with Crippen molar-refractivity contribution in [2.75, 3.05) is 16.3 Å². The fraction of sp³-hybridized carbons (Fsp3) is 0.348. The van der Waals surface area contributed by atoms with Gasteiger partial charge in [0.1, 0.15) is 0 Å². The molecule has 3 aliphatic rings. The molecule has 8 nitrogen and oxygen atoms in total. The zero-order chi connectivity index (χ0) is 22.5. The Morgan fingerprint density at radius 1 is 1.09 bits per heavy atom. The van der Waals surface area contributed by atoms with E-state index in [1.807, 2.05) is 18.2 Å². The number of non-ortho nitro benzene ring substituents is 1. The minimum atomic E-state index is -1.41. The van der Waals surface area contributed by atoms with Crippen LogP contribution in [-0.4, -0.2) is 34.4 Å². The number of thiocarbonyl (C=S) groups is 1. The first-order valence-corrected chi connectivity index (χ1v) is 11.1. The molecule has 164 valence electrons. The van der Waals surface area contributed by atoms with E-state index in [9.17, 15) is 19.7 Å². The summed E-state index contributed by atoms with van der Waals surface area (Å²) in [6.45, 7) is 0.688. The predicted octanol–water partition coefficient (Wildman–Crippen LogP) is 3.33. The molecule has 1 spiro atoms. The van der Waals surface area contributed by atoms with Crippen molar-refractivity contribution in [3.63, 3.8) is 0 Å². The third kappa shape index (κ3) is 2.99. The maximum Gasteiger partial charge on any atom is 0.269 e. The van der Waals surface area contributed by atoms with Crippen LogP contribution in [0.1, 0.15) is 31.2 Å². The average Bonchev–Trinajstić information content (AvgIpc) is 3.04. The molecule has 0 unspecified atom stereocenters. The molecule has 3 aliphatic heterocycles. The maximum absolute atomic E-state index is 14.1. The molecule has 0 radical (unpaired) electrons.